The minimum Gasteiger partial charge on any atom is -0.456 e. The molecule has 4 aliphatic rings. The lowest BCUT2D eigenvalue weighted by Crippen LogP contribution is -2.58. The highest BCUT2D eigenvalue weighted by Gasteiger charge is 2.59. The van der Waals surface area contributed by atoms with E-state index in [1.54, 1.807) is 18.2 Å². The molecule has 4 N–H and O–H groups in total. The Kier molecular flexibility index (Phi) is 16.1. The number of carbonyl (C=O) groups is 3. The monoisotopic (exact) mass is 804 g/mol. The molecule has 2 aromatic carbocycles. The van der Waals surface area contributed by atoms with Crippen LogP contribution in [-0.4, -0.2) is 63.3 Å². The van der Waals surface area contributed by atoms with E-state index >= 15 is 0 Å². The first kappa shape index (κ1) is 45.0. The number of ketones is 1. The normalized spacial score (nSPS) is 28.2. The first-order chi connectivity index (χ1) is 25.9. The molecule has 0 radical (unpaired) electrons. The molecular weight excluding hydrogens is 743 g/mol. The number of rotatable bonds is 6. The number of amides is 1. The molecule has 306 valence electrons. The van der Waals surface area contributed by atoms with Crippen LogP contribution in [0.4, 0.5) is 13.6 Å². The summed E-state index contributed by atoms with van der Waals surface area (Å²) < 4.78 is 39.9. The molecule has 3 saturated carbocycles. The first-order valence-corrected chi connectivity index (χ1v) is 21.8. The van der Waals surface area contributed by atoms with Crippen LogP contribution in [0.3, 0.4) is 0 Å². The first-order valence-electron chi connectivity index (χ1n) is 19.9. The summed E-state index contributed by atoms with van der Waals surface area (Å²) in [6.45, 7) is 9.21. The van der Waals surface area contributed by atoms with Crippen LogP contribution in [-0.2, 0) is 29.1 Å². The number of nitrogens with two attached hydrogens (primary N) is 1. The molecule has 0 spiro atoms. The van der Waals surface area contributed by atoms with Gasteiger partial charge in [0.15, 0.2) is 0 Å². The van der Waals surface area contributed by atoms with Crippen molar-refractivity contribution in [1.82, 2.24) is 5.32 Å². The summed E-state index contributed by atoms with van der Waals surface area (Å²) >= 11 is 3.77. The Hall–Kier alpha value is -2.67. The highest BCUT2D eigenvalue weighted by atomic mass is 32.2. The molecule has 6 rings (SSSR count). The number of nitrogens with one attached hydrogen (secondary N) is 1. The zero-order valence-corrected chi connectivity index (χ0v) is 34.9. The molecule has 5 unspecified atom stereocenters. The van der Waals surface area contributed by atoms with Gasteiger partial charge in [0.2, 0.25) is 0 Å². The van der Waals surface area contributed by atoms with Gasteiger partial charge in [-0.05, 0) is 108 Å². The van der Waals surface area contributed by atoms with E-state index in [9.17, 15) is 28.3 Å². The van der Waals surface area contributed by atoms with Crippen molar-refractivity contribution in [1.29, 1.82) is 0 Å². The minimum absolute atomic E-state index is 0.0467. The number of Topliss-reactive ketones (excluding diaryl/α,β-unsaturated/α-hetero) is 1. The van der Waals surface area contributed by atoms with E-state index in [1.165, 1.54) is 31.0 Å². The summed E-state index contributed by atoms with van der Waals surface area (Å²) in [6, 6.07) is 17.4. The number of aliphatic hydroxyl groups is 1. The highest BCUT2D eigenvalue weighted by molar-refractivity contribution is 8.18. The van der Waals surface area contributed by atoms with E-state index in [2.05, 4.69) is 24.4 Å². The molecule has 1 saturated heterocycles. The van der Waals surface area contributed by atoms with Crippen molar-refractivity contribution in [2.45, 2.75) is 157 Å². The van der Waals surface area contributed by atoms with Crippen LogP contribution >= 0.6 is 23.5 Å². The van der Waals surface area contributed by atoms with Crippen LogP contribution in [0.1, 0.15) is 129 Å². The number of ether oxygens (including phenoxy) is 2. The Morgan fingerprint density at radius 1 is 0.891 bits per heavy atom. The van der Waals surface area contributed by atoms with E-state index in [4.69, 9.17) is 15.2 Å². The van der Waals surface area contributed by atoms with Crippen LogP contribution in [0, 0.1) is 5.92 Å². The standard InChI is InChI=1S/C23H33NO4S2.C13H17F2NO.C7H12O/c1-17(25)27-22(13-8-12-19(16-22)24-20(26)28-21(2,3)4)23(29-14-9-15-30-23)18-10-6-5-7-11-18;14-13(15,10-5-2-1-3-6-10)12(17)8-4-7-11(16)9-12;1-6-3-2-4-7(8)5-6/h5-7,10-11,19H,8-9,12-16H2,1-4H3,(H,24,26);1-3,5-6,11,17H,4,7-9,16H2;6H,2-5H2,1H3. The number of carbonyl (C=O) groups excluding carboxylic acids is 3. The van der Waals surface area contributed by atoms with Crippen molar-refractivity contribution in [2.24, 2.45) is 11.7 Å². The number of benzene rings is 2. The maximum atomic E-state index is 14.3. The second-order valence-electron chi connectivity index (χ2n) is 16.6. The van der Waals surface area contributed by atoms with Gasteiger partial charge in [-0.3, -0.25) is 9.59 Å². The number of halogens is 2. The molecule has 12 heteroatoms. The van der Waals surface area contributed by atoms with Crippen LogP contribution in [0.25, 0.3) is 0 Å². The summed E-state index contributed by atoms with van der Waals surface area (Å²) in [5.74, 6) is -0.341. The maximum Gasteiger partial charge on any atom is 0.407 e. The van der Waals surface area contributed by atoms with Crippen LogP contribution in [0.5, 0.6) is 0 Å². The summed E-state index contributed by atoms with van der Waals surface area (Å²) in [6.07, 6.45) is 9.17. The van der Waals surface area contributed by atoms with E-state index < -0.39 is 28.8 Å². The molecule has 1 heterocycles. The number of thioether (sulfide) groups is 2. The minimum atomic E-state index is -3.24. The summed E-state index contributed by atoms with van der Waals surface area (Å²) in [7, 11) is 0. The Balaban J connectivity index is 0.000000223. The number of alkyl carbamates (subject to hydrolysis) is 1. The maximum absolute atomic E-state index is 14.3. The van der Waals surface area contributed by atoms with Crippen molar-refractivity contribution in [3.8, 4) is 0 Å². The molecule has 55 heavy (non-hydrogen) atoms. The zero-order chi connectivity index (χ0) is 40.3. The van der Waals surface area contributed by atoms with Gasteiger partial charge in [0.1, 0.15) is 26.7 Å². The summed E-state index contributed by atoms with van der Waals surface area (Å²) in [5.41, 5.74) is 3.49. The molecule has 0 bridgehead atoms. The lowest BCUT2D eigenvalue weighted by molar-refractivity contribution is -0.204. The van der Waals surface area contributed by atoms with Gasteiger partial charge in [0, 0.05) is 43.8 Å². The summed E-state index contributed by atoms with van der Waals surface area (Å²) in [5, 5.41) is 13.2. The van der Waals surface area contributed by atoms with Gasteiger partial charge >= 0.3 is 18.0 Å². The average Bonchev–Trinajstić information content (AvgIpc) is 3.12. The molecule has 8 nitrogen and oxygen atoms in total. The van der Waals surface area contributed by atoms with E-state index in [1.807, 2.05) is 62.5 Å². The fourth-order valence-corrected chi connectivity index (χ4v) is 11.9. The smallest absolute Gasteiger partial charge is 0.407 e. The number of esters is 1. The molecular formula is C43H62F2N2O6S2. The third-order valence-electron chi connectivity index (χ3n) is 10.6. The highest BCUT2D eigenvalue weighted by Crippen LogP contribution is 2.62. The second kappa shape index (κ2) is 19.7. The Morgan fingerprint density at radius 3 is 2.05 bits per heavy atom. The molecule has 4 fully saturated rings. The molecule has 3 aliphatic carbocycles. The molecule has 1 aliphatic heterocycles. The number of alkyl halides is 2. The van der Waals surface area contributed by atoms with Crippen molar-refractivity contribution in [2.75, 3.05) is 11.5 Å². The number of hydrogen-bond donors (Lipinski definition) is 3. The fraction of sp³-hybridized carbons (Fsp3) is 0.651. The van der Waals surface area contributed by atoms with Gasteiger partial charge < -0.3 is 25.6 Å². The predicted octanol–water partition coefficient (Wildman–Crippen LogP) is 9.66. The Bertz CT molecular complexity index is 1540. The van der Waals surface area contributed by atoms with Gasteiger partial charge in [0.05, 0.1) is 0 Å². The largest absolute Gasteiger partial charge is 0.456 e. The average molecular weight is 805 g/mol. The van der Waals surface area contributed by atoms with Gasteiger partial charge in [-0.25, -0.2) is 4.79 Å². The number of hydrogen-bond acceptors (Lipinski definition) is 9. The lowest BCUT2D eigenvalue weighted by Gasteiger charge is -2.53. The van der Waals surface area contributed by atoms with Gasteiger partial charge in [-0.15, -0.1) is 23.5 Å². The molecule has 1 amide bonds. The van der Waals surface area contributed by atoms with Crippen molar-refractivity contribution >= 4 is 41.4 Å². The lowest BCUT2D eigenvalue weighted by atomic mass is 9.76. The second-order valence-corrected chi connectivity index (χ2v) is 19.5. The van der Waals surface area contributed by atoms with Gasteiger partial charge in [-0.2, -0.15) is 8.78 Å². The quantitative estimate of drug-likeness (QED) is 0.245. The van der Waals surface area contributed by atoms with Gasteiger partial charge in [-0.1, -0.05) is 67.6 Å². The summed E-state index contributed by atoms with van der Waals surface area (Å²) in [4.78, 5) is 35.4. The predicted molar refractivity (Wildman–Crippen MR) is 218 cm³/mol. The third-order valence-corrected chi connectivity index (χ3v) is 14.4. The topological polar surface area (TPSA) is 128 Å². The SMILES string of the molecule is CC(=O)OC1(C2(c3ccccc3)SCCCS2)CCCC(NC(=O)OC(C)(C)C)C1.CC1CCCC(=O)C1.NC1CCCC(O)(C(F)(F)c2ccccc2)C1. The van der Waals surface area contributed by atoms with E-state index in [0.717, 1.165) is 56.5 Å². The van der Waals surface area contributed by atoms with Crippen molar-refractivity contribution in [3.63, 3.8) is 0 Å². The third kappa shape index (κ3) is 12.2. The zero-order valence-electron chi connectivity index (χ0n) is 33.3. The van der Waals surface area contributed by atoms with Crippen molar-refractivity contribution in [3.05, 3.63) is 71.8 Å². The fourth-order valence-electron chi connectivity index (χ4n) is 8.19. The van der Waals surface area contributed by atoms with E-state index in [-0.39, 0.29) is 40.5 Å². The Labute approximate surface area is 335 Å². The van der Waals surface area contributed by atoms with Crippen LogP contribution in [0.2, 0.25) is 0 Å². The molecule has 2 aromatic rings. The van der Waals surface area contributed by atoms with Crippen molar-refractivity contribution < 1.29 is 37.7 Å². The van der Waals surface area contributed by atoms with Gasteiger partial charge in [0.25, 0.3) is 0 Å². The van der Waals surface area contributed by atoms with Crippen LogP contribution in [0.15, 0.2) is 60.7 Å². The Morgan fingerprint density at radius 2 is 1.51 bits per heavy atom. The van der Waals surface area contributed by atoms with Crippen LogP contribution < -0.4 is 11.1 Å². The molecule has 0 aromatic heterocycles. The van der Waals surface area contributed by atoms with E-state index in [0.29, 0.717) is 31.0 Å². The molecule has 5 atom stereocenters.